The van der Waals surface area contributed by atoms with Crippen LogP contribution in [-0.2, 0) is 27.0 Å². The maximum absolute atomic E-state index is 13.2. The number of rotatable bonds is 5. The Morgan fingerprint density at radius 1 is 1.38 bits per heavy atom. The Morgan fingerprint density at radius 2 is 2.19 bits per heavy atom. The highest BCUT2D eigenvalue weighted by Crippen LogP contribution is 2.30. The van der Waals surface area contributed by atoms with E-state index < -0.39 is 29.8 Å². The Hall–Kier alpha value is -2.91. The number of aromatic amines is 1. The van der Waals surface area contributed by atoms with Crippen molar-refractivity contribution in [2.75, 3.05) is 6.61 Å². The van der Waals surface area contributed by atoms with Crippen LogP contribution in [0.5, 0.6) is 0 Å². The number of aromatic nitrogens is 2. The highest BCUT2D eigenvalue weighted by Gasteiger charge is 2.35. The van der Waals surface area contributed by atoms with Crippen molar-refractivity contribution in [2.45, 2.75) is 25.1 Å². The molecule has 1 unspecified atom stereocenters. The maximum atomic E-state index is 13.2. The van der Waals surface area contributed by atoms with Gasteiger partial charge in [0.2, 0.25) is 6.10 Å². The SMILES string of the molecule is O=C(OCCc1cn[nH]c1C(F)(F)F)C1CC(c2cccc(F)c2)=NO1. The van der Waals surface area contributed by atoms with Gasteiger partial charge in [-0.15, -0.1) is 0 Å². The molecule has 0 amide bonds. The van der Waals surface area contributed by atoms with E-state index in [-0.39, 0.29) is 25.0 Å². The highest BCUT2D eigenvalue weighted by atomic mass is 19.4. The number of nitrogens with one attached hydrogen (secondary N) is 1. The van der Waals surface area contributed by atoms with Gasteiger partial charge in [-0.2, -0.15) is 18.3 Å². The van der Waals surface area contributed by atoms with E-state index in [2.05, 4.69) is 10.3 Å². The number of alkyl halides is 3. The van der Waals surface area contributed by atoms with Crippen molar-refractivity contribution in [1.29, 1.82) is 0 Å². The van der Waals surface area contributed by atoms with Crippen molar-refractivity contribution in [2.24, 2.45) is 5.16 Å². The van der Waals surface area contributed by atoms with Crippen LogP contribution in [0.4, 0.5) is 17.6 Å². The average molecular weight is 371 g/mol. The minimum atomic E-state index is -4.56. The van der Waals surface area contributed by atoms with Crippen LogP contribution in [0.15, 0.2) is 35.6 Å². The molecule has 1 atom stereocenters. The topological polar surface area (TPSA) is 76.6 Å². The van der Waals surface area contributed by atoms with E-state index in [1.165, 1.54) is 18.2 Å². The molecule has 1 aromatic carbocycles. The summed E-state index contributed by atoms with van der Waals surface area (Å²) in [7, 11) is 0. The smallest absolute Gasteiger partial charge is 0.433 e. The van der Waals surface area contributed by atoms with Gasteiger partial charge in [0.1, 0.15) is 11.5 Å². The second kappa shape index (κ2) is 7.14. The molecule has 6 nitrogen and oxygen atoms in total. The van der Waals surface area contributed by atoms with Crippen molar-refractivity contribution in [1.82, 2.24) is 10.2 Å². The molecule has 0 bridgehead atoms. The molecule has 2 heterocycles. The zero-order chi connectivity index (χ0) is 18.7. The van der Waals surface area contributed by atoms with Gasteiger partial charge in [-0.1, -0.05) is 17.3 Å². The van der Waals surface area contributed by atoms with Crippen LogP contribution in [-0.4, -0.2) is 34.6 Å². The van der Waals surface area contributed by atoms with Crippen LogP contribution in [0.2, 0.25) is 0 Å². The van der Waals surface area contributed by atoms with Crippen molar-refractivity contribution in [3.8, 4) is 0 Å². The molecule has 0 saturated heterocycles. The van der Waals surface area contributed by atoms with Gasteiger partial charge in [0.05, 0.1) is 18.5 Å². The third-order valence-electron chi connectivity index (χ3n) is 3.71. The Balaban J connectivity index is 1.51. The van der Waals surface area contributed by atoms with Gasteiger partial charge in [0.25, 0.3) is 0 Å². The summed E-state index contributed by atoms with van der Waals surface area (Å²) < 4.78 is 56.3. The Kier molecular flexibility index (Phi) is 4.92. The quantitative estimate of drug-likeness (QED) is 0.648. The van der Waals surface area contributed by atoms with Crippen molar-refractivity contribution in [3.05, 3.63) is 53.1 Å². The first-order chi connectivity index (χ1) is 12.3. The number of hydrogen-bond donors (Lipinski definition) is 1. The standard InChI is InChI=1S/C16H13F4N3O3/c17-11-3-1-2-9(6-11)12-7-13(26-23-12)15(24)25-5-4-10-8-21-22-14(10)16(18,19)20/h1-3,6,8,13H,4-5,7H2,(H,21,22). The summed E-state index contributed by atoms with van der Waals surface area (Å²) in [4.78, 5) is 16.9. The molecule has 0 radical (unpaired) electrons. The molecular weight excluding hydrogens is 358 g/mol. The number of benzene rings is 1. The molecule has 1 N–H and O–H groups in total. The van der Waals surface area contributed by atoms with Crippen LogP contribution < -0.4 is 0 Å². The molecule has 0 saturated carbocycles. The number of nitrogens with zero attached hydrogens (tertiary/aromatic N) is 2. The monoisotopic (exact) mass is 371 g/mol. The first-order valence-corrected chi connectivity index (χ1v) is 7.59. The number of esters is 1. The summed E-state index contributed by atoms with van der Waals surface area (Å²) >= 11 is 0. The number of hydrogen-bond acceptors (Lipinski definition) is 5. The summed E-state index contributed by atoms with van der Waals surface area (Å²) in [5.74, 6) is -1.20. The molecule has 0 fully saturated rings. The third-order valence-corrected chi connectivity index (χ3v) is 3.71. The van der Waals surface area contributed by atoms with E-state index in [0.717, 1.165) is 6.20 Å². The molecule has 10 heteroatoms. The van der Waals surface area contributed by atoms with Gasteiger partial charge < -0.3 is 9.57 Å². The molecule has 1 aliphatic heterocycles. The molecule has 1 aliphatic rings. The lowest BCUT2D eigenvalue weighted by atomic mass is 10.1. The molecule has 0 spiro atoms. The fourth-order valence-electron chi connectivity index (χ4n) is 2.44. The normalized spacial score (nSPS) is 16.9. The van der Waals surface area contributed by atoms with Crippen molar-refractivity contribution < 1.29 is 31.9 Å². The van der Waals surface area contributed by atoms with E-state index >= 15 is 0 Å². The Bertz CT molecular complexity index is 832. The lowest BCUT2D eigenvalue weighted by Gasteiger charge is -2.10. The van der Waals surface area contributed by atoms with E-state index in [1.54, 1.807) is 6.07 Å². The van der Waals surface area contributed by atoms with Crippen LogP contribution in [0.1, 0.15) is 23.2 Å². The number of halogens is 4. The zero-order valence-corrected chi connectivity index (χ0v) is 13.2. The molecule has 1 aromatic heterocycles. The summed E-state index contributed by atoms with van der Waals surface area (Å²) in [6.07, 6.45) is -4.60. The summed E-state index contributed by atoms with van der Waals surface area (Å²) in [5, 5.41) is 8.97. The number of H-pyrrole nitrogens is 1. The van der Waals surface area contributed by atoms with Gasteiger partial charge >= 0.3 is 12.1 Å². The fourth-order valence-corrected chi connectivity index (χ4v) is 2.44. The molecule has 2 aromatic rings. The van der Waals surface area contributed by atoms with E-state index in [1.807, 2.05) is 5.10 Å². The number of oxime groups is 1. The van der Waals surface area contributed by atoms with Crippen LogP contribution in [0.25, 0.3) is 0 Å². The molecule has 3 rings (SSSR count). The van der Waals surface area contributed by atoms with Crippen LogP contribution >= 0.6 is 0 Å². The maximum Gasteiger partial charge on any atom is 0.433 e. The van der Waals surface area contributed by atoms with E-state index in [0.29, 0.717) is 11.3 Å². The second-order valence-corrected chi connectivity index (χ2v) is 5.53. The predicted octanol–water partition coefficient (Wildman–Crippen LogP) is 2.85. The second-order valence-electron chi connectivity index (χ2n) is 5.53. The Labute approximate surface area is 144 Å². The number of carbonyl (C=O) groups is 1. The first-order valence-electron chi connectivity index (χ1n) is 7.59. The van der Waals surface area contributed by atoms with Gasteiger partial charge in [0.15, 0.2) is 0 Å². The lowest BCUT2D eigenvalue weighted by Crippen LogP contribution is -2.24. The number of carbonyl (C=O) groups excluding carboxylic acids is 1. The van der Waals surface area contributed by atoms with Crippen LogP contribution in [0.3, 0.4) is 0 Å². The molecule has 138 valence electrons. The highest BCUT2D eigenvalue weighted by molar-refractivity contribution is 6.03. The fraction of sp³-hybridized carbons (Fsp3) is 0.312. The summed E-state index contributed by atoms with van der Waals surface area (Å²) in [6.45, 7) is -0.267. The zero-order valence-electron chi connectivity index (χ0n) is 13.2. The van der Waals surface area contributed by atoms with Gasteiger partial charge in [-0.05, 0) is 12.1 Å². The van der Waals surface area contributed by atoms with Crippen molar-refractivity contribution in [3.63, 3.8) is 0 Å². The van der Waals surface area contributed by atoms with Crippen molar-refractivity contribution >= 4 is 11.7 Å². The van der Waals surface area contributed by atoms with Crippen LogP contribution in [0, 0.1) is 5.82 Å². The molecule has 26 heavy (non-hydrogen) atoms. The molecule has 0 aliphatic carbocycles. The Morgan fingerprint density at radius 3 is 2.92 bits per heavy atom. The van der Waals surface area contributed by atoms with E-state index in [9.17, 15) is 22.4 Å². The third kappa shape index (κ3) is 4.01. The first kappa shape index (κ1) is 17.9. The van der Waals surface area contributed by atoms with Gasteiger partial charge in [0, 0.05) is 24.0 Å². The number of ether oxygens (including phenoxy) is 1. The minimum absolute atomic E-state index is 0.0851. The van der Waals surface area contributed by atoms with Gasteiger partial charge in [-0.25, -0.2) is 9.18 Å². The minimum Gasteiger partial charge on any atom is -0.463 e. The largest absolute Gasteiger partial charge is 0.463 e. The summed E-state index contributed by atoms with van der Waals surface area (Å²) in [5.41, 5.74) is -0.203. The molecular formula is C16H13F4N3O3. The average Bonchev–Trinajstić information content (AvgIpc) is 3.24. The van der Waals surface area contributed by atoms with E-state index in [4.69, 9.17) is 9.57 Å². The van der Waals surface area contributed by atoms with Gasteiger partial charge in [-0.3, -0.25) is 5.10 Å². The predicted molar refractivity (Wildman–Crippen MR) is 80.7 cm³/mol. The lowest BCUT2D eigenvalue weighted by molar-refractivity contribution is -0.155. The summed E-state index contributed by atoms with van der Waals surface area (Å²) in [6, 6.07) is 5.66.